The van der Waals surface area contributed by atoms with Gasteiger partial charge in [0, 0.05) is 27.2 Å². The van der Waals surface area contributed by atoms with E-state index in [2.05, 4.69) is 0 Å². The van der Waals surface area contributed by atoms with E-state index in [9.17, 15) is 9.59 Å². The van der Waals surface area contributed by atoms with E-state index in [1.165, 1.54) is 4.90 Å². The normalized spacial score (nSPS) is 14.4. The average molecular weight is 263 g/mol. The SMILES string of the molecule is COC(CCCN1C(=O)c2ccccc2C1=O)OC. The number of fused-ring (bicyclic) bond motifs is 1. The van der Waals surface area contributed by atoms with Gasteiger partial charge in [0.15, 0.2) is 6.29 Å². The first kappa shape index (κ1) is 13.7. The minimum Gasteiger partial charge on any atom is -0.356 e. The molecule has 0 fully saturated rings. The highest BCUT2D eigenvalue weighted by atomic mass is 16.7. The lowest BCUT2D eigenvalue weighted by Gasteiger charge is -2.16. The Morgan fingerprint density at radius 2 is 1.58 bits per heavy atom. The van der Waals surface area contributed by atoms with Gasteiger partial charge in [-0.15, -0.1) is 0 Å². The van der Waals surface area contributed by atoms with Crippen LogP contribution in [0, 0.1) is 0 Å². The Balaban J connectivity index is 1.97. The maximum Gasteiger partial charge on any atom is 0.261 e. The summed E-state index contributed by atoms with van der Waals surface area (Å²) in [6.45, 7) is 0.384. The van der Waals surface area contributed by atoms with E-state index in [1.54, 1.807) is 38.5 Å². The average Bonchev–Trinajstić information content (AvgIpc) is 2.69. The number of ether oxygens (including phenoxy) is 2. The molecular formula is C14H17NO4. The third-order valence-corrected chi connectivity index (χ3v) is 3.23. The van der Waals surface area contributed by atoms with Gasteiger partial charge < -0.3 is 9.47 Å². The molecular weight excluding hydrogens is 246 g/mol. The Morgan fingerprint density at radius 3 is 2.05 bits per heavy atom. The summed E-state index contributed by atoms with van der Waals surface area (Å²) in [6.07, 6.45) is 0.994. The number of methoxy groups -OCH3 is 2. The minimum absolute atomic E-state index is 0.216. The molecule has 0 spiro atoms. The monoisotopic (exact) mass is 263 g/mol. The van der Waals surface area contributed by atoms with Crippen LogP contribution in [0.2, 0.25) is 0 Å². The Labute approximate surface area is 112 Å². The van der Waals surface area contributed by atoms with E-state index < -0.39 is 0 Å². The number of hydrogen-bond acceptors (Lipinski definition) is 4. The Hall–Kier alpha value is -1.72. The van der Waals surface area contributed by atoms with Crippen molar-refractivity contribution >= 4 is 11.8 Å². The molecule has 1 aliphatic heterocycles. The van der Waals surface area contributed by atoms with Gasteiger partial charge >= 0.3 is 0 Å². The van der Waals surface area contributed by atoms with Crippen LogP contribution in [0.25, 0.3) is 0 Å². The molecule has 0 bridgehead atoms. The number of nitrogens with zero attached hydrogens (tertiary/aromatic N) is 1. The summed E-state index contributed by atoms with van der Waals surface area (Å²) in [4.78, 5) is 25.4. The Kier molecular flexibility index (Phi) is 4.29. The number of carbonyl (C=O) groups is 2. The predicted molar refractivity (Wildman–Crippen MR) is 68.8 cm³/mol. The fourth-order valence-electron chi connectivity index (χ4n) is 2.19. The topological polar surface area (TPSA) is 55.8 Å². The van der Waals surface area contributed by atoms with Crippen LogP contribution >= 0.6 is 0 Å². The molecule has 2 rings (SSSR count). The molecule has 0 aromatic heterocycles. The summed E-state index contributed by atoms with van der Waals surface area (Å²) in [5.41, 5.74) is 0.977. The second-order valence-corrected chi connectivity index (χ2v) is 4.35. The lowest BCUT2D eigenvalue weighted by Crippen LogP contribution is -2.31. The van der Waals surface area contributed by atoms with Crippen molar-refractivity contribution in [2.45, 2.75) is 19.1 Å². The van der Waals surface area contributed by atoms with Crippen LogP contribution in [0.5, 0.6) is 0 Å². The highest BCUT2D eigenvalue weighted by Crippen LogP contribution is 2.22. The van der Waals surface area contributed by atoms with Crippen LogP contribution in [0.15, 0.2) is 24.3 Å². The molecule has 0 unspecified atom stereocenters. The first-order valence-corrected chi connectivity index (χ1v) is 6.20. The van der Waals surface area contributed by atoms with E-state index >= 15 is 0 Å². The van der Waals surface area contributed by atoms with Gasteiger partial charge in [-0.3, -0.25) is 14.5 Å². The van der Waals surface area contributed by atoms with Crippen molar-refractivity contribution in [1.29, 1.82) is 0 Å². The predicted octanol–water partition coefficient (Wildman–Crippen LogP) is 1.68. The zero-order chi connectivity index (χ0) is 13.8. The second-order valence-electron chi connectivity index (χ2n) is 4.35. The van der Waals surface area contributed by atoms with E-state index in [4.69, 9.17) is 9.47 Å². The van der Waals surface area contributed by atoms with Gasteiger partial charge in [0.2, 0.25) is 0 Å². The standard InChI is InChI=1S/C14H17NO4/c1-18-12(19-2)8-5-9-15-13(16)10-6-3-4-7-11(10)14(15)17/h3-4,6-7,12H,5,8-9H2,1-2H3. The van der Waals surface area contributed by atoms with Crippen LogP contribution < -0.4 is 0 Å². The van der Waals surface area contributed by atoms with Crippen molar-refractivity contribution in [2.75, 3.05) is 20.8 Å². The number of benzene rings is 1. The summed E-state index contributed by atoms with van der Waals surface area (Å²) in [5.74, 6) is -0.432. The van der Waals surface area contributed by atoms with Crippen LogP contribution in [0.4, 0.5) is 0 Å². The molecule has 2 amide bonds. The third-order valence-electron chi connectivity index (χ3n) is 3.23. The molecule has 1 heterocycles. The maximum absolute atomic E-state index is 12.1. The van der Waals surface area contributed by atoms with Crippen molar-refractivity contribution in [1.82, 2.24) is 4.90 Å². The van der Waals surface area contributed by atoms with E-state index in [-0.39, 0.29) is 18.1 Å². The molecule has 1 aliphatic rings. The number of imide groups is 1. The van der Waals surface area contributed by atoms with Gasteiger partial charge in [-0.25, -0.2) is 0 Å². The van der Waals surface area contributed by atoms with Gasteiger partial charge in [0.25, 0.3) is 11.8 Å². The Bertz CT molecular complexity index is 447. The van der Waals surface area contributed by atoms with Crippen molar-refractivity contribution < 1.29 is 19.1 Å². The van der Waals surface area contributed by atoms with E-state index in [0.717, 1.165) is 0 Å². The summed E-state index contributed by atoms with van der Waals surface area (Å²) < 4.78 is 10.1. The molecule has 0 saturated carbocycles. The van der Waals surface area contributed by atoms with Crippen LogP contribution in [0.1, 0.15) is 33.6 Å². The largest absolute Gasteiger partial charge is 0.356 e. The fraction of sp³-hybridized carbons (Fsp3) is 0.429. The van der Waals surface area contributed by atoms with Crippen molar-refractivity contribution in [3.05, 3.63) is 35.4 Å². The molecule has 102 valence electrons. The molecule has 0 atom stereocenters. The number of carbonyl (C=O) groups excluding carboxylic acids is 2. The van der Waals surface area contributed by atoms with Gasteiger partial charge in [0.05, 0.1) is 11.1 Å². The lowest BCUT2D eigenvalue weighted by molar-refractivity contribution is -0.107. The first-order chi connectivity index (χ1) is 9.19. The molecule has 19 heavy (non-hydrogen) atoms. The van der Waals surface area contributed by atoms with Crippen molar-refractivity contribution in [3.8, 4) is 0 Å². The summed E-state index contributed by atoms with van der Waals surface area (Å²) in [5, 5.41) is 0. The number of rotatable bonds is 6. The van der Waals surface area contributed by atoms with Crippen LogP contribution in [-0.4, -0.2) is 43.8 Å². The van der Waals surface area contributed by atoms with Gasteiger partial charge in [-0.2, -0.15) is 0 Å². The van der Waals surface area contributed by atoms with Gasteiger partial charge in [0.1, 0.15) is 0 Å². The molecule has 0 aliphatic carbocycles. The summed E-state index contributed by atoms with van der Waals surface area (Å²) in [7, 11) is 3.13. The molecule has 5 heteroatoms. The lowest BCUT2D eigenvalue weighted by atomic mass is 10.1. The molecule has 0 radical (unpaired) electrons. The van der Waals surface area contributed by atoms with Gasteiger partial charge in [-0.05, 0) is 18.6 Å². The molecule has 0 saturated heterocycles. The summed E-state index contributed by atoms with van der Waals surface area (Å²) in [6, 6.07) is 6.89. The zero-order valence-corrected chi connectivity index (χ0v) is 11.1. The Morgan fingerprint density at radius 1 is 1.05 bits per heavy atom. The molecule has 5 nitrogen and oxygen atoms in total. The summed E-state index contributed by atoms with van der Waals surface area (Å²) >= 11 is 0. The fourth-order valence-corrected chi connectivity index (χ4v) is 2.19. The number of hydrogen-bond donors (Lipinski definition) is 0. The van der Waals surface area contributed by atoms with Crippen molar-refractivity contribution in [2.24, 2.45) is 0 Å². The minimum atomic E-state index is -0.296. The first-order valence-electron chi connectivity index (χ1n) is 6.20. The quantitative estimate of drug-likeness (QED) is 0.579. The van der Waals surface area contributed by atoms with E-state index in [1.807, 2.05) is 0 Å². The maximum atomic E-state index is 12.1. The van der Waals surface area contributed by atoms with Crippen LogP contribution in [-0.2, 0) is 9.47 Å². The molecule has 0 N–H and O–H groups in total. The second kappa shape index (κ2) is 5.95. The third kappa shape index (κ3) is 2.67. The van der Waals surface area contributed by atoms with Crippen molar-refractivity contribution in [3.63, 3.8) is 0 Å². The molecule has 1 aromatic carbocycles. The van der Waals surface area contributed by atoms with Crippen LogP contribution in [0.3, 0.4) is 0 Å². The number of amides is 2. The smallest absolute Gasteiger partial charge is 0.261 e. The highest BCUT2D eigenvalue weighted by Gasteiger charge is 2.34. The van der Waals surface area contributed by atoms with E-state index in [0.29, 0.717) is 30.5 Å². The highest BCUT2D eigenvalue weighted by molar-refractivity contribution is 6.21. The van der Waals surface area contributed by atoms with Gasteiger partial charge in [-0.1, -0.05) is 12.1 Å². The zero-order valence-electron chi connectivity index (χ0n) is 11.1. The molecule has 1 aromatic rings.